The van der Waals surface area contributed by atoms with Gasteiger partial charge in [-0.05, 0) is 42.2 Å². The van der Waals surface area contributed by atoms with Crippen LogP contribution < -0.4 is 11.1 Å². The molecule has 1 saturated carbocycles. The van der Waals surface area contributed by atoms with Gasteiger partial charge in [0.05, 0.1) is 5.69 Å². The lowest BCUT2D eigenvalue weighted by Crippen LogP contribution is -2.20. The molecule has 2 aromatic heterocycles. The Labute approximate surface area is 146 Å². The van der Waals surface area contributed by atoms with Crippen LogP contribution in [0, 0.1) is 5.92 Å². The lowest BCUT2D eigenvalue weighted by Gasteiger charge is -2.28. The second kappa shape index (κ2) is 6.69. The van der Waals surface area contributed by atoms with Gasteiger partial charge in [0.2, 0.25) is 0 Å². The van der Waals surface area contributed by atoms with Crippen LogP contribution in [0.5, 0.6) is 0 Å². The van der Waals surface area contributed by atoms with Gasteiger partial charge in [-0.2, -0.15) is 0 Å². The van der Waals surface area contributed by atoms with E-state index in [1.54, 1.807) is 12.3 Å². The summed E-state index contributed by atoms with van der Waals surface area (Å²) in [6, 6.07) is 11.4. The maximum absolute atomic E-state index is 12.5. The Balaban J connectivity index is 1.46. The molecule has 1 unspecified atom stereocenters. The zero-order chi connectivity index (χ0) is 17.2. The van der Waals surface area contributed by atoms with Gasteiger partial charge < -0.3 is 16.0 Å². The van der Waals surface area contributed by atoms with E-state index in [9.17, 15) is 4.79 Å². The van der Waals surface area contributed by atoms with Crippen LogP contribution in [0.2, 0.25) is 0 Å². The summed E-state index contributed by atoms with van der Waals surface area (Å²) in [5.41, 5.74) is 9.53. The summed E-state index contributed by atoms with van der Waals surface area (Å²) < 4.78 is 0. The molecule has 1 atom stereocenters. The monoisotopic (exact) mass is 334 g/mol. The first kappa shape index (κ1) is 15.8. The lowest BCUT2D eigenvalue weighted by molar-refractivity contribution is 0.102. The van der Waals surface area contributed by atoms with Crippen LogP contribution in [0.3, 0.4) is 0 Å². The average molecular weight is 334 g/mol. The third kappa shape index (κ3) is 3.28. The number of nitrogens with two attached hydrogens (primary N) is 1. The lowest BCUT2D eigenvalue weighted by atomic mass is 9.80. The number of benzene rings is 1. The number of aromatic nitrogens is 2. The summed E-state index contributed by atoms with van der Waals surface area (Å²) in [7, 11) is 0. The number of anilines is 1. The zero-order valence-electron chi connectivity index (χ0n) is 14.0. The van der Waals surface area contributed by atoms with E-state index in [0.717, 1.165) is 34.6 Å². The Kier molecular flexibility index (Phi) is 4.24. The highest BCUT2D eigenvalue weighted by Crippen LogP contribution is 2.33. The van der Waals surface area contributed by atoms with E-state index in [-0.39, 0.29) is 11.9 Å². The van der Waals surface area contributed by atoms with Crippen LogP contribution in [0.25, 0.3) is 11.0 Å². The number of nitrogens with one attached hydrogen (secondary N) is 2. The third-order valence-corrected chi connectivity index (χ3v) is 5.12. The number of amides is 1. The molecule has 0 radical (unpaired) electrons. The molecular formula is C20H22N4O. The molecule has 5 heteroatoms. The van der Waals surface area contributed by atoms with Crippen molar-refractivity contribution in [2.75, 3.05) is 5.32 Å². The maximum Gasteiger partial charge on any atom is 0.255 e. The number of carbonyl (C=O) groups is 1. The molecule has 25 heavy (non-hydrogen) atoms. The quantitative estimate of drug-likeness (QED) is 0.659. The topological polar surface area (TPSA) is 83.8 Å². The fourth-order valence-electron chi connectivity index (χ4n) is 3.37. The molecule has 4 rings (SSSR count). The van der Waals surface area contributed by atoms with E-state index < -0.39 is 0 Å². The highest BCUT2D eigenvalue weighted by Gasteiger charge is 2.21. The molecule has 1 aromatic carbocycles. The van der Waals surface area contributed by atoms with Crippen molar-refractivity contribution in [3.8, 4) is 0 Å². The second-order valence-electron chi connectivity index (χ2n) is 6.81. The summed E-state index contributed by atoms with van der Waals surface area (Å²) >= 11 is 0. The van der Waals surface area contributed by atoms with Crippen molar-refractivity contribution in [2.45, 2.75) is 31.7 Å². The number of hydrogen-bond acceptors (Lipinski definition) is 3. The Morgan fingerprint density at radius 2 is 2.04 bits per heavy atom. The van der Waals surface area contributed by atoms with Crippen molar-refractivity contribution < 1.29 is 4.79 Å². The molecule has 0 aliphatic heterocycles. The standard InChI is InChI=1S/C20H22N4O/c21-17(12-13-2-1-3-13)14-4-6-15(7-5-14)20(25)24-18-9-11-23-19-16(18)8-10-22-19/h4-11,13,17H,1-3,12,21H2,(H2,22,23,24,25). The minimum atomic E-state index is -0.132. The molecular weight excluding hydrogens is 312 g/mol. The first-order valence-electron chi connectivity index (χ1n) is 8.79. The van der Waals surface area contributed by atoms with Gasteiger partial charge in [0.25, 0.3) is 5.91 Å². The number of nitrogens with zero attached hydrogens (tertiary/aromatic N) is 1. The molecule has 5 nitrogen and oxygen atoms in total. The van der Waals surface area contributed by atoms with Gasteiger partial charge in [0, 0.05) is 29.4 Å². The number of fused-ring (bicyclic) bond motifs is 1. The molecule has 3 aromatic rings. The van der Waals surface area contributed by atoms with Crippen LogP contribution >= 0.6 is 0 Å². The van der Waals surface area contributed by atoms with Crippen LogP contribution in [0.4, 0.5) is 5.69 Å². The van der Waals surface area contributed by atoms with E-state index >= 15 is 0 Å². The van der Waals surface area contributed by atoms with E-state index in [1.165, 1.54) is 19.3 Å². The number of aromatic amines is 1. The molecule has 1 aliphatic rings. The van der Waals surface area contributed by atoms with Crippen LogP contribution in [0.1, 0.15) is 47.6 Å². The molecule has 128 valence electrons. The Morgan fingerprint density at radius 3 is 2.76 bits per heavy atom. The van der Waals surface area contributed by atoms with Gasteiger partial charge in [-0.15, -0.1) is 0 Å². The molecule has 4 N–H and O–H groups in total. The molecule has 1 amide bonds. The summed E-state index contributed by atoms with van der Waals surface area (Å²) in [5, 5.41) is 3.85. The Hall–Kier alpha value is -2.66. The predicted molar refractivity (Wildman–Crippen MR) is 99.4 cm³/mol. The third-order valence-electron chi connectivity index (χ3n) is 5.12. The molecule has 0 spiro atoms. The van der Waals surface area contributed by atoms with Crippen molar-refractivity contribution in [1.29, 1.82) is 0 Å². The van der Waals surface area contributed by atoms with Gasteiger partial charge >= 0.3 is 0 Å². The van der Waals surface area contributed by atoms with Gasteiger partial charge in [-0.25, -0.2) is 4.98 Å². The normalized spacial score (nSPS) is 15.7. The molecule has 0 bridgehead atoms. The zero-order valence-corrected chi connectivity index (χ0v) is 14.0. The number of hydrogen-bond donors (Lipinski definition) is 3. The summed E-state index contributed by atoms with van der Waals surface area (Å²) in [6.07, 6.45) is 8.46. The van der Waals surface area contributed by atoms with Gasteiger partial charge in [0.15, 0.2) is 0 Å². The first-order chi connectivity index (χ1) is 12.2. The van der Waals surface area contributed by atoms with Crippen molar-refractivity contribution in [3.05, 3.63) is 59.9 Å². The van der Waals surface area contributed by atoms with Crippen molar-refractivity contribution >= 4 is 22.6 Å². The average Bonchev–Trinajstić information content (AvgIpc) is 3.08. The van der Waals surface area contributed by atoms with E-state index in [0.29, 0.717) is 5.56 Å². The number of pyridine rings is 1. The second-order valence-corrected chi connectivity index (χ2v) is 6.81. The highest BCUT2D eigenvalue weighted by molar-refractivity contribution is 6.08. The highest BCUT2D eigenvalue weighted by atomic mass is 16.1. The van der Waals surface area contributed by atoms with Crippen molar-refractivity contribution in [2.24, 2.45) is 11.7 Å². The van der Waals surface area contributed by atoms with Gasteiger partial charge in [-0.3, -0.25) is 4.79 Å². The minimum absolute atomic E-state index is 0.0575. The number of rotatable bonds is 5. The molecule has 1 aliphatic carbocycles. The summed E-state index contributed by atoms with van der Waals surface area (Å²) in [6.45, 7) is 0. The van der Waals surface area contributed by atoms with E-state index in [1.807, 2.05) is 36.5 Å². The van der Waals surface area contributed by atoms with Crippen molar-refractivity contribution in [1.82, 2.24) is 9.97 Å². The van der Waals surface area contributed by atoms with Gasteiger partial charge in [-0.1, -0.05) is 31.4 Å². The molecule has 2 heterocycles. The Morgan fingerprint density at radius 1 is 1.24 bits per heavy atom. The predicted octanol–water partition coefficient (Wildman–Crippen LogP) is 4.01. The number of carbonyl (C=O) groups excluding carboxylic acids is 1. The number of H-pyrrole nitrogens is 1. The fourth-order valence-corrected chi connectivity index (χ4v) is 3.37. The van der Waals surface area contributed by atoms with Crippen LogP contribution in [-0.2, 0) is 0 Å². The van der Waals surface area contributed by atoms with E-state index in [2.05, 4.69) is 15.3 Å². The summed E-state index contributed by atoms with van der Waals surface area (Å²) in [5.74, 6) is 0.640. The first-order valence-corrected chi connectivity index (χ1v) is 8.79. The molecule has 1 fully saturated rings. The summed E-state index contributed by atoms with van der Waals surface area (Å²) in [4.78, 5) is 19.8. The fraction of sp³-hybridized carbons (Fsp3) is 0.300. The van der Waals surface area contributed by atoms with E-state index in [4.69, 9.17) is 5.73 Å². The smallest absolute Gasteiger partial charge is 0.255 e. The van der Waals surface area contributed by atoms with Crippen LogP contribution in [0.15, 0.2) is 48.8 Å². The largest absolute Gasteiger partial charge is 0.346 e. The van der Waals surface area contributed by atoms with Crippen LogP contribution in [-0.4, -0.2) is 15.9 Å². The minimum Gasteiger partial charge on any atom is -0.346 e. The Bertz CT molecular complexity index is 880. The SMILES string of the molecule is NC(CC1CCC1)c1ccc(C(=O)Nc2ccnc3[nH]ccc23)cc1. The molecule has 0 saturated heterocycles. The van der Waals surface area contributed by atoms with Crippen molar-refractivity contribution in [3.63, 3.8) is 0 Å². The maximum atomic E-state index is 12.5. The van der Waals surface area contributed by atoms with Gasteiger partial charge in [0.1, 0.15) is 5.65 Å².